The van der Waals surface area contributed by atoms with Crippen molar-refractivity contribution in [2.45, 2.75) is 19.6 Å². The molecule has 1 atom stereocenters. The quantitative estimate of drug-likeness (QED) is 0.464. The molecule has 0 bridgehead atoms. The number of amides is 1. The molecule has 0 saturated heterocycles. The van der Waals surface area contributed by atoms with Gasteiger partial charge in [0, 0.05) is 7.11 Å². The molecule has 0 saturated carbocycles. The zero-order valence-corrected chi connectivity index (χ0v) is 6.39. The van der Waals surface area contributed by atoms with Crippen LogP contribution in [0.4, 0.5) is 0 Å². The largest absolute Gasteiger partial charge is 0.362 e. The highest BCUT2D eigenvalue weighted by Crippen LogP contribution is 1.89. The number of hydrogen-bond donors (Lipinski definition) is 1. The van der Waals surface area contributed by atoms with Gasteiger partial charge >= 0.3 is 0 Å². The molecular weight excluding hydrogens is 130 g/mol. The van der Waals surface area contributed by atoms with Gasteiger partial charge in [0.1, 0.15) is 6.23 Å². The summed E-state index contributed by atoms with van der Waals surface area (Å²) in [4.78, 5) is 10.6. The van der Waals surface area contributed by atoms with E-state index in [1.807, 2.05) is 6.92 Å². The maximum atomic E-state index is 10.6. The smallest absolute Gasteiger partial charge is 0.245 e. The van der Waals surface area contributed by atoms with Crippen molar-refractivity contribution in [2.75, 3.05) is 7.11 Å². The van der Waals surface area contributed by atoms with Crippen molar-refractivity contribution in [3.05, 3.63) is 12.7 Å². The second-order valence-electron chi connectivity index (χ2n) is 1.85. The fourth-order valence-corrected chi connectivity index (χ4v) is 0.545. The lowest BCUT2D eigenvalue weighted by molar-refractivity contribution is -0.120. The molecule has 58 valence electrons. The Balaban J connectivity index is 3.62. The molecule has 1 N–H and O–H groups in total. The van der Waals surface area contributed by atoms with Gasteiger partial charge in [-0.15, -0.1) is 0 Å². The first-order valence-corrected chi connectivity index (χ1v) is 3.20. The number of carbonyl (C=O) groups is 1. The fourth-order valence-electron chi connectivity index (χ4n) is 0.545. The predicted octanol–water partition coefficient (Wildman–Crippen LogP) is 0.671. The molecule has 0 heterocycles. The minimum atomic E-state index is -0.200. The van der Waals surface area contributed by atoms with Gasteiger partial charge in [-0.05, 0) is 12.5 Å². The molecule has 0 aliphatic rings. The molecule has 10 heavy (non-hydrogen) atoms. The number of rotatable bonds is 4. The first kappa shape index (κ1) is 9.17. The van der Waals surface area contributed by atoms with Gasteiger partial charge in [-0.2, -0.15) is 0 Å². The second-order valence-corrected chi connectivity index (χ2v) is 1.85. The summed E-state index contributed by atoms with van der Waals surface area (Å²) in [5, 5.41) is 2.59. The Hall–Kier alpha value is -0.830. The zero-order valence-electron chi connectivity index (χ0n) is 6.39. The third-order valence-electron chi connectivity index (χ3n) is 1.14. The molecule has 0 radical (unpaired) electrons. The Morgan fingerprint density at radius 1 is 1.90 bits per heavy atom. The summed E-state index contributed by atoms with van der Waals surface area (Å²) in [5.41, 5.74) is 0. The molecule has 0 fully saturated rings. The lowest BCUT2D eigenvalue weighted by Crippen LogP contribution is -2.34. The highest BCUT2D eigenvalue weighted by molar-refractivity contribution is 5.86. The van der Waals surface area contributed by atoms with E-state index in [9.17, 15) is 4.79 Å². The van der Waals surface area contributed by atoms with Crippen molar-refractivity contribution >= 4 is 5.91 Å². The number of methoxy groups -OCH3 is 1. The molecule has 0 aromatic carbocycles. The first-order chi connectivity index (χ1) is 4.74. The number of hydrogen-bond acceptors (Lipinski definition) is 2. The van der Waals surface area contributed by atoms with Gasteiger partial charge in [0.25, 0.3) is 0 Å². The number of ether oxygens (including phenoxy) is 1. The molecule has 0 aromatic rings. The van der Waals surface area contributed by atoms with Crippen LogP contribution in [0.2, 0.25) is 0 Å². The van der Waals surface area contributed by atoms with Gasteiger partial charge < -0.3 is 10.1 Å². The minimum Gasteiger partial charge on any atom is -0.362 e. The Morgan fingerprint density at radius 3 is 2.80 bits per heavy atom. The van der Waals surface area contributed by atoms with E-state index in [0.29, 0.717) is 0 Å². The Labute approximate surface area is 61.1 Å². The van der Waals surface area contributed by atoms with Crippen LogP contribution in [0.1, 0.15) is 13.3 Å². The maximum Gasteiger partial charge on any atom is 0.245 e. The van der Waals surface area contributed by atoms with Gasteiger partial charge in [-0.3, -0.25) is 4.79 Å². The average Bonchev–Trinajstić information content (AvgIpc) is 1.99. The standard InChI is InChI=1S/C7H13NO2/c1-4-6(9)8-7(5-2)10-3/h4,7H,1,5H2,2-3H3,(H,8,9). The summed E-state index contributed by atoms with van der Waals surface area (Å²) in [7, 11) is 1.55. The van der Waals surface area contributed by atoms with Crippen LogP contribution in [0, 0.1) is 0 Å². The zero-order chi connectivity index (χ0) is 7.98. The van der Waals surface area contributed by atoms with Crippen LogP contribution in [-0.4, -0.2) is 19.2 Å². The number of carbonyl (C=O) groups excluding carboxylic acids is 1. The highest BCUT2D eigenvalue weighted by atomic mass is 16.5. The van der Waals surface area contributed by atoms with E-state index in [1.54, 1.807) is 7.11 Å². The van der Waals surface area contributed by atoms with Crippen LogP contribution in [0.15, 0.2) is 12.7 Å². The molecule has 0 spiro atoms. The topological polar surface area (TPSA) is 38.3 Å². The molecule has 0 aliphatic carbocycles. The minimum absolute atomic E-state index is 0.189. The molecule has 3 heteroatoms. The fraction of sp³-hybridized carbons (Fsp3) is 0.571. The molecular formula is C7H13NO2. The van der Waals surface area contributed by atoms with Crippen molar-refractivity contribution in [3.8, 4) is 0 Å². The number of nitrogens with one attached hydrogen (secondary N) is 1. The molecule has 0 aromatic heterocycles. The van der Waals surface area contributed by atoms with Crippen molar-refractivity contribution in [1.82, 2.24) is 5.32 Å². The average molecular weight is 143 g/mol. The van der Waals surface area contributed by atoms with Crippen molar-refractivity contribution in [1.29, 1.82) is 0 Å². The Bertz CT molecular complexity index is 119. The molecule has 0 rings (SSSR count). The summed E-state index contributed by atoms with van der Waals surface area (Å²) < 4.78 is 4.89. The Morgan fingerprint density at radius 2 is 2.50 bits per heavy atom. The lowest BCUT2D eigenvalue weighted by atomic mass is 10.4. The first-order valence-electron chi connectivity index (χ1n) is 3.20. The third-order valence-corrected chi connectivity index (χ3v) is 1.14. The van der Waals surface area contributed by atoms with Crippen LogP contribution in [0.5, 0.6) is 0 Å². The van der Waals surface area contributed by atoms with Gasteiger partial charge in [0.2, 0.25) is 5.91 Å². The van der Waals surface area contributed by atoms with Gasteiger partial charge in [0.05, 0.1) is 0 Å². The Kier molecular flexibility index (Phi) is 4.58. The van der Waals surface area contributed by atoms with Crippen LogP contribution in [0.3, 0.4) is 0 Å². The van der Waals surface area contributed by atoms with E-state index in [4.69, 9.17) is 4.74 Å². The third kappa shape index (κ3) is 3.25. The van der Waals surface area contributed by atoms with Crippen molar-refractivity contribution in [2.24, 2.45) is 0 Å². The van der Waals surface area contributed by atoms with Crippen LogP contribution < -0.4 is 5.32 Å². The van der Waals surface area contributed by atoms with Gasteiger partial charge in [-0.25, -0.2) is 0 Å². The normalized spacial score (nSPS) is 12.2. The van der Waals surface area contributed by atoms with E-state index >= 15 is 0 Å². The van der Waals surface area contributed by atoms with Crippen LogP contribution in [0.25, 0.3) is 0 Å². The van der Waals surface area contributed by atoms with E-state index in [1.165, 1.54) is 6.08 Å². The van der Waals surface area contributed by atoms with E-state index in [0.717, 1.165) is 6.42 Å². The van der Waals surface area contributed by atoms with Gasteiger partial charge in [-0.1, -0.05) is 13.5 Å². The summed E-state index contributed by atoms with van der Waals surface area (Å²) in [5.74, 6) is -0.200. The predicted molar refractivity (Wildman–Crippen MR) is 39.4 cm³/mol. The van der Waals surface area contributed by atoms with Gasteiger partial charge in [0.15, 0.2) is 0 Å². The van der Waals surface area contributed by atoms with Crippen molar-refractivity contribution in [3.63, 3.8) is 0 Å². The SMILES string of the molecule is C=CC(=O)NC(CC)OC. The molecule has 0 aliphatic heterocycles. The van der Waals surface area contributed by atoms with Crippen LogP contribution >= 0.6 is 0 Å². The lowest BCUT2D eigenvalue weighted by Gasteiger charge is -2.12. The van der Waals surface area contributed by atoms with E-state index < -0.39 is 0 Å². The summed E-state index contributed by atoms with van der Waals surface area (Å²) in [6.07, 6.45) is 1.79. The molecule has 1 unspecified atom stereocenters. The van der Waals surface area contributed by atoms with E-state index in [-0.39, 0.29) is 12.1 Å². The summed E-state index contributed by atoms with van der Waals surface area (Å²) >= 11 is 0. The van der Waals surface area contributed by atoms with E-state index in [2.05, 4.69) is 11.9 Å². The molecule has 1 amide bonds. The summed E-state index contributed by atoms with van der Waals surface area (Å²) in [6.45, 7) is 5.24. The maximum absolute atomic E-state index is 10.6. The highest BCUT2D eigenvalue weighted by Gasteiger charge is 2.03. The van der Waals surface area contributed by atoms with Crippen molar-refractivity contribution < 1.29 is 9.53 Å². The monoisotopic (exact) mass is 143 g/mol. The summed E-state index contributed by atoms with van der Waals surface area (Å²) in [6, 6.07) is 0. The van der Waals surface area contributed by atoms with Crippen LogP contribution in [-0.2, 0) is 9.53 Å². The molecule has 3 nitrogen and oxygen atoms in total. The second kappa shape index (κ2) is 4.99.